The number of aryl methyl sites for hydroxylation is 1. The first-order valence-corrected chi connectivity index (χ1v) is 5.68. The van der Waals surface area contributed by atoms with Crippen molar-refractivity contribution < 1.29 is 0 Å². The number of rotatable bonds is 2. The predicted octanol–water partition coefficient (Wildman–Crippen LogP) is 2.26. The summed E-state index contributed by atoms with van der Waals surface area (Å²) in [5, 5.41) is 0.506. The molecule has 17 heavy (non-hydrogen) atoms. The molecule has 0 aliphatic carbocycles. The Labute approximate surface area is 104 Å². The molecule has 2 N–H and O–H groups in total. The van der Waals surface area contributed by atoms with Crippen molar-refractivity contribution in [3.8, 4) is 5.69 Å². The molecule has 0 saturated carbocycles. The van der Waals surface area contributed by atoms with Gasteiger partial charge in [0.25, 0.3) is 5.56 Å². The van der Waals surface area contributed by atoms with E-state index in [0.717, 1.165) is 11.3 Å². The minimum Gasteiger partial charge on any atom is -0.326 e. The molecule has 3 nitrogen and oxygen atoms in total. The third-order valence-electron chi connectivity index (χ3n) is 2.56. The first-order chi connectivity index (χ1) is 8.11. The van der Waals surface area contributed by atoms with Crippen LogP contribution in [0.5, 0.6) is 0 Å². The van der Waals surface area contributed by atoms with Crippen LogP contribution < -0.4 is 11.3 Å². The lowest BCUT2D eigenvalue weighted by Crippen LogP contribution is -2.23. The fourth-order valence-corrected chi connectivity index (χ4v) is 1.95. The smallest absolute Gasteiger partial charge is 0.259 e. The fraction of sp³-hybridized carbons (Fsp3) is 0.154. The standard InChI is InChI=1S/C13H13ClN2O/c1-9-3-2-4-12(5-9)16-8-11(14)6-10(7-15)13(16)17/h2-6,8H,7,15H2,1H3. The Hall–Kier alpha value is -1.58. The molecule has 0 unspecified atom stereocenters. The van der Waals surface area contributed by atoms with E-state index in [-0.39, 0.29) is 12.1 Å². The van der Waals surface area contributed by atoms with E-state index in [1.54, 1.807) is 12.3 Å². The van der Waals surface area contributed by atoms with Crippen LogP contribution in [0.4, 0.5) is 0 Å². The van der Waals surface area contributed by atoms with Gasteiger partial charge in [-0.25, -0.2) is 0 Å². The van der Waals surface area contributed by atoms with E-state index in [1.807, 2.05) is 31.2 Å². The monoisotopic (exact) mass is 248 g/mol. The van der Waals surface area contributed by atoms with Crippen molar-refractivity contribution in [3.05, 3.63) is 63.0 Å². The quantitative estimate of drug-likeness (QED) is 0.886. The first kappa shape index (κ1) is 11.9. The highest BCUT2D eigenvalue weighted by Gasteiger charge is 2.06. The highest BCUT2D eigenvalue weighted by atomic mass is 35.5. The molecule has 0 fully saturated rings. The van der Waals surface area contributed by atoms with Crippen molar-refractivity contribution in [3.63, 3.8) is 0 Å². The molecule has 2 rings (SSSR count). The number of pyridine rings is 1. The summed E-state index contributed by atoms with van der Waals surface area (Å²) in [4.78, 5) is 12.1. The molecule has 4 heteroatoms. The normalized spacial score (nSPS) is 10.5. The Bertz CT molecular complexity index is 605. The Morgan fingerprint density at radius 1 is 1.35 bits per heavy atom. The van der Waals surface area contributed by atoms with Gasteiger partial charge < -0.3 is 5.73 Å². The Morgan fingerprint density at radius 2 is 2.12 bits per heavy atom. The van der Waals surface area contributed by atoms with E-state index in [1.165, 1.54) is 4.57 Å². The zero-order chi connectivity index (χ0) is 12.4. The number of nitrogens with zero attached hydrogens (tertiary/aromatic N) is 1. The number of benzene rings is 1. The van der Waals surface area contributed by atoms with Gasteiger partial charge in [-0.1, -0.05) is 23.7 Å². The molecule has 0 saturated heterocycles. The van der Waals surface area contributed by atoms with Crippen LogP contribution in [0.1, 0.15) is 11.1 Å². The van der Waals surface area contributed by atoms with Crippen LogP contribution >= 0.6 is 11.6 Å². The van der Waals surface area contributed by atoms with E-state index in [0.29, 0.717) is 10.6 Å². The van der Waals surface area contributed by atoms with E-state index >= 15 is 0 Å². The van der Waals surface area contributed by atoms with Crippen LogP contribution in [0, 0.1) is 6.92 Å². The summed E-state index contributed by atoms with van der Waals surface area (Å²) < 4.78 is 1.53. The van der Waals surface area contributed by atoms with E-state index < -0.39 is 0 Å². The zero-order valence-electron chi connectivity index (χ0n) is 9.48. The highest BCUT2D eigenvalue weighted by Crippen LogP contribution is 2.13. The van der Waals surface area contributed by atoms with Crippen molar-refractivity contribution in [1.82, 2.24) is 4.57 Å². The molecule has 0 aliphatic rings. The molecule has 1 aromatic carbocycles. The van der Waals surface area contributed by atoms with Crippen LogP contribution in [-0.4, -0.2) is 4.57 Å². The lowest BCUT2D eigenvalue weighted by atomic mass is 10.2. The molecule has 1 aromatic heterocycles. The van der Waals surface area contributed by atoms with Gasteiger partial charge in [-0.15, -0.1) is 0 Å². The van der Waals surface area contributed by atoms with E-state index in [9.17, 15) is 4.79 Å². The number of halogens is 1. The van der Waals surface area contributed by atoms with Gasteiger partial charge >= 0.3 is 0 Å². The second-order valence-corrected chi connectivity index (χ2v) is 4.34. The first-order valence-electron chi connectivity index (χ1n) is 5.30. The van der Waals surface area contributed by atoms with Gasteiger partial charge in [0.05, 0.1) is 5.02 Å². The summed E-state index contributed by atoms with van der Waals surface area (Å²) in [5.74, 6) is 0. The molecule has 2 aromatic rings. The third kappa shape index (κ3) is 2.40. The second-order valence-electron chi connectivity index (χ2n) is 3.90. The van der Waals surface area contributed by atoms with Crippen molar-refractivity contribution in [2.75, 3.05) is 0 Å². The molecule has 0 aliphatic heterocycles. The summed E-state index contributed by atoms with van der Waals surface area (Å²) in [7, 11) is 0. The van der Waals surface area contributed by atoms with Gasteiger partial charge in [0, 0.05) is 24.0 Å². The van der Waals surface area contributed by atoms with Crippen LogP contribution in [0.2, 0.25) is 5.02 Å². The zero-order valence-corrected chi connectivity index (χ0v) is 10.2. The fourth-order valence-electron chi connectivity index (χ4n) is 1.72. The summed E-state index contributed by atoms with van der Waals surface area (Å²) in [5.41, 5.74) is 7.80. The molecular formula is C13H13ClN2O. The lowest BCUT2D eigenvalue weighted by molar-refractivity contribution is 0.924. The molecule has 0 spiro atoms. The summed E-state index contributed by atoms with van der Waals surface area (Å²) in [6.07, 6.45) is 1.61. The van der Waals surface area contributed by atoms with Gasteiger partial charge in [-0.3, -0.25) is 9.36 Å². The van der Waals surface area contributed by atoms with Gasteiger partial charge in [0.2, 0.25) is 0 Å². The molecule has 0 bridgehead atoms. The second kappa shape index (κ2) is 4.73. The molecule has 0 atom stereocenters. The molecule has 0 amide bonds. The van der Waals surface area contributed by atoms with E-state index in [4.69, 9.17) is 17.3 Å². The Balaban J connectivity index is 2.67. The largest absolute Gasteiger partial charge is 0.326 e. The highest BCUT2D eigenvalue weighted by molar-refractivity contribution is 6.30. The maximum absolute atomic E-state index is 12.1. The maximum atomic E-state index is 12.1. The minimum absolute atomic E-state index is 0.123. The van der Waals surface area contributed by atoms with Gasteiger partial charge in [-0.05, 0) is 30.7 Å². The predicted molar refractivity (Wildman–Crippen MR) is 69.7 cm³/mol. The maximum Gasteiger partial charge on any atom is 0.259 e. The summed E-state index contributed by atoms with van der Waals surface area (Å²) in [6.45, 7) is 2.16. The van der Waals surface area contributed by atoms with Crippen molar-refractivity contribution in [2.45, 2.75) is 13.5 Å². The number of hydrogen-bond acceptors (Lipinski definition) is 2. The number of nitrogens with two attached hydrogens (primary N) is 1. The summed E-state index contributed by atoms with van der Waals surface area (Å²) in [6, 6.07) is 9.28. The lowest BCUT2D eigenvalue weighted by Gasteiger charge is -2.09. The topological polar surface area (TPSA) is 48.0 Å². The molecular weight excluding hydrogens is 236 g/mol. The van der Waals surface area contributed by atoms with Gasteiger partial charge in [0.1, 0.15) is 0 Å². The van der Waals surface area contributed by atoms with Crippen LogP contribution in [0.25, 0.3) is 5.69 Å². The average molecular weight is 249 g/mol. The Kier molecular flexibility index (Phi) is 3.31. The van der Waals surface area contributed by atoms with Crippen molar-refractivity contribution in [2.24, 2.45) is 5.73 Å². The summed E-state index contributed by atoms with van der Waals surface area (Å²) >= 11 is 5.98. The Morgan fingerprint density at radius 3 is 2.76 bits per heavy atom. The average Bonchev–Trinajstić information content (AvgIpc) is 2.31. The van der Waals surface area contributed by atoms with Crippen molar-refractivity contribution >= 4 is 11.6 Å². The minimum atomic E-state index is -0.123. The van der Waals surface area contributed by atoms with Crippen molar-refractivity contribution in [1.29, 1.82) is 0 Å². The van der Waals surface area contributed by atoms with Gasteiger partial charge in [-0.2, -0.15) is 0 Å². The van der Waals surface area contributed by atoms with Crippen LogP contribution in [-0.2, 0) is 6.54 Å². The molecule has 0 radical (unpaired) electrons. The van der Waals surface area contributed by atoms with E-state index in [2.05, 4.69) is 0 Å². The van der Waals surface area contributed by atoms with Crippen LogP contribution in [0.15, 0.2) is 41.3 Å². The number of aromatic nitrogens is 1. The van der Waals surface area contributed by atoms with Crippen LogP contribution in [0.3, 0.4) is 0 Å². The molecule has 88 valence electrons. The molecule has 1 heterocycles. The van der Waals surface area contributed by atoms with Gasteiger partial charge in [0.15, 0.2) is 0 Å². The number of hydrogen-bond donors (Lipinski definition) is 1. The SMILES string of the molecule is Cc1cccc(-n2cc(Cl)cc(CN)c2=O)c1. The third-order valence-corrected chi connectivity index (χ3v) is 2.76.